The summed E-state index contributed by atoms with van der Waals surface area (Å²) in [5.74, 6) is -4.72. The van der Waals surface area contributed by atoms with Gasteiger partial charge in [-0.05, 0) is 49.3 Å². The van der Waals surface area contributed by atoms with E-state index >= 15 is 0 Å². The minimum absolute atomic E-state index is 0.0537. The average molecular weight is 579 g/mol. The molecular formula is C26H42N8O7. The third-order valence-corrected chi connectivity index (χ3v) is 6.40. The maximum absolute atomic E-state index is 13.3. The molecule has 13 N–H and O–H groups in total. The Balaban J connectivity index is 3.09. The van der Waals surface area contributed by atoms with E-state index < -0.39 is 59.7 Å². The first-order valence-electron chi connectivity index (χ1n) is 13.3. The van der Waals surface area contributed by atoms with Crippen LogP contribution in [0, 0.1) is 5.92 Å². The van der Waals surface area contributed by atoms with Crippen LogP contribution in [0.25, 0.3) is 0 Å². The van der Waals surface area contributed by atoms with Crippen LogP contribution in [0.1, 0.15) is 51.5 Å². The second-order valence-corrected chi connectivity index (χ2v) is 9.76. The predicted molar refractivity (Wildman–Crippen MR) is 151 cm³/mol. The number of nitrogens with one attached hydrogen (secondary N) is 3. The summed E-state index contributed by atoms with van der Waals surface area (Å²) in [7, 11) is 0. The molecule has 0 saturated carbocycles. The van der Waals surface area contributed by atoms with Crippen molar-refractivity contribution in [2.75, 3.05) is 6.54 Å². The van der Waals surface area contributed by atoms with Crippen molar-refractivity contribution in [3.63, 3.8) is 0 Å². The number of aromatic hydroxyl groups is 1. The van der Waals surface area contributed by atoms with Crippen molar-refractivity contribution in [2.45, 2.75) is 76.5 Å². The van der Waals surface area contributed by atoms with Crippen LogP contribution >= 0.6 is 0 Å². The second-order valence-electron chi connectivity index (χ2n) is 9.76. The van der Waals surface area contributed by atoms with Crippen molar-refractivity contribution >= 4 is 35.6 Å². The Morgan fingerprint density at radius 3 is 2.00 bits per heavy atom. The molecule has 15 nitrogen and oxygen atoms in total. The number of primary amides is 1. The number of amides is 4. The molecule has 1 aromatic carbocycles. The fourth-order valence-corrected chi connectivity index (χ4v) is 3.79. The fraction of sp³-hybridized carbons (Fsp3) is 0.538. The molecule has 0 aliphatic heterocycles. The topological polar surface area (TPSA) is 278 Å². The van der Waals surface area contributed by atoms with Crippen LogP contribution in [0.15, 0.2) is 29.3 Å². The molecule has 5 atom stereocenters. The molecule has 5 unspecified atom stereocenters. The minimum atomic E-state index is -1.32. The first-order valence-corrected chi connectivity index (χ1v) is 13.3. The van der Waals surface area contributed by atoms with Crippen LogP contribution < -0.4 is 38.9 Å². The Labute approximate surface area is 238 Å². The molecule has 0 fully saturated rings. The van der Waals surface area contributed by atoms with Gasteiger partial charge in [-0.25, -0.2) is 4.79 Å². The van der Waals surface area contributed by atoms with Gasteiger partial charge in [0.2, 0.25) is 23.6 Å². The summed E-state index contributed by atoms with van der Waals surface area (Å²) in [6.45, 7) is 3.57. The zero-order valence-corrected chi connectivity index (χ0v) is 23.3. The molecule has 0 aliphatic carbocycles. The third kappa shape index (κ3) is 13.0. The van der Waals surface area contributed by atoms with Gasteiger partial charge in [0, 0.05) is 13.0 Å². The van der Waals surface area contributed by atoms with Crippen LogP contribution in [0.5, 0.6) is 5.75 Å². The van der Waals surface area contributed by atoms with Crippen LogP contribution in [-0.2, 0) is 30.4 Å². The van der Waals surface area contributed by atoms with Crippen molar-refractivity contribution in [3.8, 4) is 5.75 Å². The number of benzene rings is 1. The van der Waals surface area contributed by atoms with Gasteiger partial charge >= 0.3 is 5.97 Å². The molecular weight excluding hydrogens is 536 g/mol. The van der Waals surface area contributed by atoms with E-state index in [2.05, 4.69) is 20.9 Å². The van der Waals surface area contributed by atoms with Gasteiger partial charge in [-0.1, -0.05) is 32.4 Å². The summed E-state index contributed by atoms with van der Waals surface area (Å²) in [5, 5.41) is 26.5. The number of nitrogens with two attached hydrogens (primary N) is 4. The summed E-state index contributed by atoms with van der Waals surface area (Å²) in [6.07, 6.45) is 0.452. The van der Waals surface area contributed by atoms with E-state index in [1.165, 1.54) is 12.1 Å². The molecule has 0 saturated heterocycles. The Bertz CT molecular complexity index is 1080. The number of hydrogen-bond acceptors (Lipinski definition) is 8. The van der Waals surface area contributed by atoms with Gasteiger partial charge in [-0.3, -0.25) is 24.2 Å². The summed E-state index contributed by atoms with van der Waals surface area (Å²) in [5.41, 5.74) is 22.7. The highest BCUT2D eigenvalue weighted by Crippen LogP contribution is 2.12. The number of aliphatic carboxylic acids is 1. The molecule has 0 aliphatic rings. The lowest BCUT2D eigenvalue weighted by atomic mass is 9.98. The molecule has 0 spiro atoms. The number of rotatable bonds is 18. The first kappa shape index (κ1) is 34.6. The van der Waals surface area contributed by atoms with Gasteiger partial charge in [-0.15, -0.1) is 0 Å². The Kier molecular flexibility index (Phi) is 14.6. The number of nitrogens with zero attached hydrogens (tertiary/aromatic N) is 1. The van der Waals surface area contributed by atoms with Crippen molar-refractivity contribution in [3.05, 3.63) is 29.8 Å². The second kappa shape index (κ2) is 17.3. The van der Waals surface area contributed by atoms with E-state index in [1.807, 2.05) is 0 Å². The van der Waals surface area contributed by atoms with Crippen LogP contribution in [0.4, 0.5) is 0 Å². The summed E-state index contributed by atoms with van der Waals surface area (Å²) < 4.78 is 0. The number of carbonyl (C=O) groups excluding carboxylic acids is 4. The number of phenols is 1. The number of guanidine groups is 1. The summed E-state index contributed by atoms with van der Waals surface area (Å²) >= 11 is 0. The van der Waals surface area contributed by atoms with Crippen LogP contribution in [-0.4, -0.2) is 76.5 Å². The van der Waals surface area contributed by atoms with Crippen molar-refractivity contribution < 1.29 is 34.2 Å². The van der Waals surface area contributed by atoms with Gasteiger partial charge in [0.05, 0.1) is 6.04 Å². The fourth-order valence-electron chi connectivity index (χ4n) is 3.79. The lowest BCUT2D eigenvalue weighted by Crippen LogP contribution is -2.58. The Morgan fingerprint density at radius 2 is 1.46 bits per heavy atom. The smallest absolute Gasteiger partial charge is 0.326 e. The largest absolute Gasteiger partial charge is 0.508 e. The minimum Gasteiger partial charge on any atom is -0.508 e. The monoisotopic (exact) mass is 578 g/mol. The normalized spacial score (nSPS) is 14.4. The van der Waals surface area contributed by atoms with E-state index in [-0.39, 0.29) is 50.4 Å². The molecule has 1 aromatic rings. The number of phenolic OH excluding ortho intramolecular Hbond substituents is 1. The lowest BCUT2D eigenvalue weighted by Gasteiger charge is -2.26. The zero-order valence-electron chi connectivity index (χ0n) is 23.3. The maximum atomic E-state index is 13.3. The van der Waals surface area contributed by atoms with E-state index in [1.54, 1.807) is 26.0 Å². The third-order valence-electron chi connectivity index (χ3n) is 6.40. The van der Waals surface area contributed by atoms with Gasteiger partial charge < -0.3 is 49.1 Å². The highest BCUT2D eigenvalue weighted by Gasteiger charge is 2.32. The molecule has 228 valence electrons. The molecule has 0 radical (unpaired) electrons. The lowest BCUT2D eigenvalue weighted by molar-refractivity contribution is -0.144. The van der Waals surface area contributed by atoms with Gasteiger partial charge in [0.1, 0.15) is 23.9 Å². The van der Waals surface area contributed by atoms with Gasteiger partial charge in [0.15, 0.2) is 5.96 Å². The number of carboxylic acid groups (broad SMARTS) is 1. The molecule has 41 heavy (non-hydrogen) atoms. The van der Waals surface area contributed by atoms with Crippen molar-refractivity contribution in [1.82, 2.24) is 16.0 Å². The van der Waals surface area contributed by atoms with Gasteiger partial charge in [-0.2, -0.15) is 0 Å². The van der Waals surface area contributed by atoms with E-state index in [4.69, 9.17) is 22.9 Å². The predicted octanol–water partition coefficient (Wildman–Crippen LogP) is -1.83. The summed E-state index contributed by atoms with van der Waals surface area (Å²) in [4.78, 5) is 66.2. The molecule has 15 heteroatoms. The standard InChI is InChI=1S/C26H42N8O7/c1-3-14(2)21(25(40)41)34-24(39)19(10-11-20(28)36)33-23(38)18(5-4-12-31-26(29)30)32-22(37)17(27)13-15-6-8-16(35)9-7-15/h6-9,14,17-19,21,35H,3-5,10-13,27H2,1-2H3,(H2,28,36)(H,32,37)(H,33,38)(H,34,39)(H,40,41)(H4,29,30,31). The number of carboxylic acids is 1. The quantitative estimate of drug-likeness (QED) is 0.0533. The van der Waals surface area contributed by atoms with Crippen LogP contribution in [0.2, 0.25) is 0 Å². The average Bonchev–Trinajstić information content (AvgIpc) is 2.91. The highest BCUT2D eigenvalue weighted by molar-refractivity contribution is 5.94. The highest BCUT2D eigenvalue weighted by atomic mass is 16.4. The Hall–Kier alpha value is -4.40. The first-order chi connectivity index (χ1) is 19.2. The summed E-state index contributed by atoms with van der Waals surface area (Å²) in [6, 6.07) is 1.35. The Morgan fingerprint density at radius 1 is 0.902 bits per heavy atom. The van der Waals surface area contributed by atoms with Crippen molar-refractivity contribution in [1.29, 1.82) is 0 Å². The van der Waals surface area contributed by atoms with E-state index in [0.29, 0.717) is 12.0 Å². The van der Waals surface area contributed by atoms with Crippen LogP contribution in [0.3, 0.4) is 0 Å². The maximum Gasteiger partial charge on any atom is 0.326 e. The molecule has 0 bridgehead atoms. The number of aliphatic imine (C=N–C) groups is 1. The molecule has 0 heterocycles. The van der Waals surface area contributed by atoms with Gasteiger partial charge in [0.25, 0.3) is 0 Å². The SMILES string of the molecule is CCC(C)C(NC(=O)C(CCC(N)=O)NC(=O)C(CCCN=C(N)N)NC(=O)C(N)Cc1ccc(O)cc1)C(=O)O. The van der Waals surface area contributed by atoms with E-state index in [0.717, 1.165) is 0 Å². The molecule has 1 rings (SSSR count). The number of carbonyl (C=O) groups is 5. The van der Waals surface area contributed by atoms with Crippen molar-refractivity contribution in [2.24, 2.45) is 33.8 Å². The van der Waals surface area contributed by atoms with E-state index in [9.17, 15) is 34.2 Å². The number of hydrogen-bond donors (Lipinski definition) is 9. The zero-order chi connectivity index (χ0) is 31.1. The molecule has 0 aromatic heterocycles. The molecule has 4 amide bonds.